The molecule has 1 aromatic carbocycles. The average Bonchev–Trinajstić information content (AvgIpc) is 2.85. The Hall–Kier alpha value is -0.800. The Bertz CT molecular complexity index is 442. The molecule has 0 saturated heterocycles. The molecule has 2 nitrogen and oxygen atoms in total. The summed E-state index contributed by atoms with van der Waals surface area (Å²) in [5.74, 6) is 1.06. The number of aryl methyl sites for hydroxylation is 1. The highest BCUT2D eigenvalue weighted by atomic mass is 79.9. The standard InChI is InChI=1S/C15H20BrNO/c1-3-8-17-15(14-5-4-9-18-14)12-7-6-11(2)10-13(12)16/h5-7,10,15,17H,3-4,8-9H2,1-2H3. The molecule has 0 bridgehead atoms. The Kier molecular flexibility index (Phi) is 4.84. The van der Waals surface area contributed by atoms with Crippen LogP contribution in [0.5, 0.6) is 0 Å². The van der Waals surface area contributed by atoms with Gasteiger partial charge in [0.05, 0.1) is 12.6 Å². The summed E-state index contributed by atoms with van der Waals surface area (Å²) in [6, 6.07) is 6.65. The molecule has 98 valence electrons. The Morgan fingerprint density at radius 3 is 2.89 bits per heavy atom. The lowest BCUT2D eigenvalue weighted by atomic mass is 10.0. The number of rotatable bonds is 5. The van der Waals surface area contributed by atoms with Gasteiger partial charge in [-0.1, -0.05) is 35.0 Å². The lowest BCUT2D eigenvalue weighted by Crippen LogP contribution is -2.24. The maximum atomic E-state index is 5.73. The molecular weight excluding hydrogens is 290 g/mol. The number of ether oxygens (including phenoxy) is 1. The third-order valence-corrected chi connectivity index (χ3v) is 3.77. The topological polar surface area (TPSA) is 21.3 Å². The van der Waals surface area contributed by atoms with E-state index in [1.807, 2.05) is 0 Å². The third kappa shape index (κ3) is 3.15. The molecular formula is C15H20BrNO. The molecule has 1 atom stereocenters. The van der Waals surface area contributed by atoms with Crippen LogP contribution in [0.25, 0.3) is 0 Å². The van der Waals surface area contributed by atoms with Gasteiger partial charge >= 0.3 is 0 Å². The molecule has 0 aromatic heterocycles. The van der Waals surface area contributed by atoms with Gasteiger partial charge < -0.3 is 10.1 Å². The second kappa shape index (κ2) is 6.39. The monoisotopic (exact) mass is 309 g/mol. The van der Waals surface area contributed by atoms with Crippen molar-refractivity contribution in [2.75, 3.05) is 13.2 Å². The van der Waals surface area contributed by atoms with Gasteiger partial charge in [-0.15, -0.1) is 0 Å². The smallest absolute Gasteiger partial charge is 0.114 e. The van der Waals surface area contributed by atoms with Crippen molar-refractivity contribution >= 4 is 15.9 Å². The van der Waals surface area contributed by atoms with Gasteiger partial charge in [0, 0.05) is 10.9 Å². The molecule has 18 heavy (non-hydrogen) atoms. The zero-order chi connectivity index (χ0) is 13.0. The predicted molar refractivity (Wildman–Crippen MR) is 78.6 cm³/mol. The lowest BCUT2D eigenvalue weighted by Gasteiger charge is -2.21. The molecule has 1 aliphatic heterocycles. The number of hydrogen-bond donors (Lipinski definition) is 1. The minimum Gasteiger partial charge on any atom is -0.496 e. The SMILES string of the molecule is CCCNC(C1=CCCO1)c1ccc(C)cc1Br. The molecule has 1 aromatic rings. The first-order chi connectivity index (χ1) is 8.72. The van der Waals surface area contributed by atoms with Gasteiger partial charge in [-0.25, -0.2) is 0 Å². The number of benzene rings is 1. The molecule has 3 heteroatoms. The van der Waals surface area contributed by atoms with Crippen molar-refractivity contribution in [3.8, 4) is 0 Å². The highest BCUT2D eigenvalue weighted by Crippen LogP contribution is 2.32. The van der Waals surface area contributed by atoms with Crippen LogP contribution < -0.4 is 5.32 Å². The van der Waals surface area contributed by atoms with E-state index in [9.17, 15) is 0 Å². The molecule has 1 unspecified atom stereocenters. The van der Waals surface area contributed by atoms with Crippen LogP contribution in [-0.4, -0.2) is 13.2 Å². The van der Waals surface area contributed by atoms with Crippen molar-refractivity contribution in [1.29, 1.82) is 0 Å². The predicted octanol–water partition coefficient (Wildman–Crippen LogP) is 4.10. The van der Waals surface area contributed by atoms with Gasteiger partial charge in [0.1, 0.15) is 5.76 Å². The number of halogens is 1. The molecule has 0 aliphatic carbocycles. The fraction of sp³-hybridized carbons (Fsp3) is 0.467. The first-order valence-electron chi connectivity index (χ1n) is 6.54. The minimum atomic E-state index is 0.169. The second-order valence-electron chi connectivity index (χ2n) is 4.66. The molecule has 1 N–H and O–H groups in total. The maximum Gasteiger partial charge on any atom is 0.114 e. The molecule has 0 saturated carbocycles. The molecule has 0 fully saturated rings. The summed E-state index contributed by atoms with van der Waals surface area (Å²) < 4.78 is 6.88. The van der Waals surface area contributed by atoms with Crippen LogP contribution in [0.15, 0.2) is 34.5 Å². The van der Waals surface area contributed by atoms with Crippen molar-refractivity contribution < 1.29 is 4.74 Å². The third-order valence-electron chi connectivity index (χ3n) is 3.08. The van der Waals surface area contributed by atoms with Crippen LogP contribution >= 0.6 is 15.9 Å². The Labute approximate surface area is 118 Å². The quantitative estimate of drug-likeness (QED) is 0.884. The van der Waals surface area contributed by atoms with E-state index in [-0.39, 0.29) is 6.04 Å². The van der Waals surface area contributed by atoms with Gasteiger partial charge in [0.2, 0.25) is 0 Å². The van der Waals surface area contributed by atoms with E-state index in [2.05, 4.69) is 59.4 Å². The van der Waals surface area contributed by atoms with Crippen LogP contribution in [0.2, 0.25) is 0 Å². The first kappa shape index (κ1) is 13.6. The van der Waals surface area contributed by atoms with Crippen LogP contribution in [0, 0.1) is 6.92 Å². The van der Waals surface area contributed by atoms with Crippen LogP contribution in [-0.2, 0) is 4.74 Å². The van der Waals surface area contributed by atoms with Gasteiger partial charge in [-0.3, -0.25) is 0 Å². The van der Waals surface area contributed by atoms with Crippen LogP contribution in [0.1, 0.15) is 36.9 Å². The average molecular weight is 310 g/mol. The van der Waals surface area contributed by atoms with E-state index >= 15 is 0 Å². The summed E-state index contributed by atoms with van der Waals surface area (Å²) in [7, 11) is 0. The zero-order valence-corrected chi connectivity index (χ0v) is 12.6. The Balaban J connectivity index is 2.26. The summed E-state index contributed by atoms with van der Waals surface area (Å²) >= 11 is 3.66. The van der Waals surface area contributed by atoms with Gasteiger partial charge in [0.25, 0.3) is 0 Å². The Morgan fingerprint density at radius 1 is 1.44 bits per heavy atom. The maximum absolute atomic E-state index is 5.73. The molecule has 0 radical (unpaired) electrons. The van der Waals surface area contributed by atoms with E-state index in [0.717, 1.165) is 36.2 Å². The normalized spacial score (nSPS) is 16.3. The Morgan fingerprint density at radius 2 is 2.28 bits per heavy atom. The van der Waals surface area contributed by atoms with E-state index < -0.39 is 0 Å². The summed E-state index contributed by atoms with van der Waals surface area (Å²) in [6.07, 6.45) is 4.33. The highest BCUT2D eigenvalue weighted by Gasteiger charge is 2.22. The van der Waals surface area contributed by atoms with Crippen molar-refractivity contribution in [2.24, 2.45) is 0 Å². The fourth-order valence-electron chi connectivity index (χ4n) is 2.16. The van der Waals surface area contributed by atoms with E-state index in [1.54, 1.807) is 0 Å². The number of hydrogen-bond acceptors (Lipinski definition) is 2. The second-order valence-corrected chi connectivity index (χ2v) is 5.51. The van der Waals surface area contributed by atoms with Crippen molar-refractivity contribution in [3.05, 3.63) is 45.6 Å². The van der Waals surface area contributed by atoms with Crippen molar-refractivity contribution in [1.82, 2.24) is 5.32 Å². The van der Waals surface area contributed by atoms with Crippen molar-refractivity contribution in [2.45, 2.75) is 32.7 Å². The zero-order valence-electron chi connectivity index (χ0n) is 11.0. The van der Waals surface area contributed by atoms with Gasteiger partial charge in [-0.05, 0) is 43.2 Å². The largest absolute Gasteiger partial charge is 0.496 e. The molecule has 1 aliphatic rings. The van der Waals surface area contributed by atoms with Crippen molar-refractivity contribution in [3.63, 3.8) is 0 Å². The summed E-state index contributed by atoms with van der Waals surface area (Å²) in [4.78, 5) is 0. The molecule has 0 spiro atoms. The van der Waals surface area contributed by atoms with Gasteiger partial charge in [0.15, 0.2) is 0 Å². The summed E-state index contributed by atoms with van der Waals surface area (Å²) in [6.45, 7) is 6.08. The van der Waals surface area contributed by atoms with E-state index in [0.29, 0.717) is 0 Å². The summed E-state index contributed by atoms with van der Waals surface area (Å²) in [5.41, 5.74) is 2.52. The first-order valence-corrected chi connectivity index (χ1v) is 7.34. The lowest BCUT2D eigenvalue weighted by molar-refractivity contribution is 0.215. The molecule has 2 rings (SSSR count). The number of nitrogens with one attached hydrogen (secondary N) is 1. The van der Waals surface area contributed by atoms with Crippen LogP contribution in [0.3, 0.4) is 0 Å². The van der Waals surface area contributed by atoms with Gasteiger partial charge in [-0.2, -0.15) is 0 Å². The van der Waals surface area contributed by atoms with E-state index in [4.69, 9.17) is 4.74 Å². The molecule has 0 amide bonds. The summed E-state index contributed by atoms with van der Waals surface area (Å²) in [5, 5.41) is 3.56. The minimum absolute atomic E-state index is 0.169. The fourth-order valence-corrected chi connectivity index (χ4v) is 2.88. The van der Waals surface area contributed by atoms with Crippen LogP contribution in [0.4, 0.5) is 0 Å². The van der Waals surface area contributed by atoms with E-state index in [1.165, 1.54) is 11.1 Å². The molecule has 1 heterocycles. The highest BCUT2D eigenvalue weighted by molar-refractivity contribution is 9.10.